The van der Waals surface area contributed by atoms with Gasteiger partial charge in [0.05, 0.1) is 18.8 Å². The van der Waals surface area contributed by atoms with Crippen molar-refractivity contribution in [2.75, 3.05) is 20.1 Å². The molecule has 2 aliphatic heterocycles. The van der Waals surface area contributed by atoms with Crippen LogP contribution in [-0.4, -0.2) is 65.2 Å². The Morgan fingerprint density at radius 1 is 0.860 bits per heavy atom. The van der Waals surface area contributed by atoms with Crippen LogP contribution in [0.1, 0.15) is 72.9 Å². The van der Waals surface area contributed by atoms with Crippen molar-refractivity contribution >= 4 is 22.6 Å². The van der Waals surface area contributed by atoms with E-state index in [1.807, 2.05) is 78.9 Å². The third-order valence-corrected chi connectivity index (χ3v) is 11.5. The number of amides is 2. The van der Waals surface area contributed by atoms with Crippen molar-refractivity contribution < 1.29 is 37.3 Å². The van der Waals surface area contributed by atoms with E-state index in [4.69, 9.17) is 9.47 Å². The smallest absolute Gasteiger partial charge is 0.392 e. The van der Waals surface area contributed by atoms with E-state index in [0.717, 1.165) is 33.4 Å². The fourth-order valence-electron chi connectivity index (χ4n) is 7.97. The predicted octanol–water partition coefficient (Wildman–Crippen LogP) is 8.65. The summed E-state index contributed by atoms with van der Waals surface area (Å²) in [6, 6.07) is 37.3. The van der Waals surface area contributed by atoms with Crippen LogP contribution in [0.15, 0.2) is 115 Å². The number of alkyl halides is 3. The van der Waals surface area contributed by atoms with Gasteiger partial charge in [-0.15, -0.1) is 0 Å². The standard InChI is InChI=1S/C46H48F3N3O5/c1-29-41(27-51(3)30(2)35-21-20-33-10-4-5-11-37(33)24-35)56-44(57-42(29)34-18-16-31(28-53)17-19-34)39-14-7-13-38(25-39)36-12-6-9-32(23-36)26-50-43(54)40-15-8-22-52(40)45(55)46(47,48)49/h4-7,9-14,16-21,23-25,29-30,40-42,44,53H,8,15,22,26-28H2,1-3H3,(H,50,54)/t29-,30+,40-,41+,42+,44+/m0/s1. The van der Waals surface area contributed by atoms with Gasteiger partial charge in [0, 0.05) is 37.2 Å². The van der Waals surface area contributed by atoms with Crippen molar-refractivity contribution in [1.82, 2.24) is 15.1 Å². The molecule has 5 aromatic carbocycles. The minimum Gasteiger partial charge on any atom is -0.392 e. The molecular weight excluding hydrogens is 732 g/mol. The summed E-state index contributed by atoms with van der Waals surface area (Å²) in [5, 5.41) is 14.8. The van der Waals surface area contributed by atoms with E-state index in [-0.39, 0.29) is 50.3 Å². The zero-order chi connectivity index (χ0) is 40.3. The van der Waals surface area contributed by atoms with E-state index in [9.17, 15) is 27.9 Å². The normalized spacial score (nSPS) is 21.8. The molecule has 0 aliphatic carbocycles. The van der Waals surface area contributed by atoms with Gasteiger partial charge >= 0.3 is 12.1 Å². The fourth-order valence-corrected chi connectivity index (χ4v) is 7.97. The van der Waals surface area contributed by atoms with Crippen LogP contribution < -0.4 is 5.32 Å². The molecular formula is C46H48F3N3O5. The molecule has 5 aromatic rings. The minimum absolute atomic E-state index is 0.00884. The predicted molar refractivity (Wildman–Crippen MR) is 212 cm³/mol. The molecule has 7 rings (SSSR count). The number of nitrogens with one attached hydrogen (secondary N) is 1. The first-order chi connectivity index (χ1) is 27.4. The molecule has 0 aromatic heterocycles. The van der Waals surface area contributed by atoms with Crippen LogP contribution in [-0.2, 0) is 32.2 Å². The average Bonchev–Trinajstić information content (AvgIpc) is 3.73. The zero-order valence-corrected chi connectivity index (χ0v) is 32.3. The Labute approximate surface area is 331 Å². The quantitative estimate of drug-likeness (QED) is 0.140. The molecule has 0 bridgehead atoms. The Kier molecular flexibility index (Phi) is 12.1. The van der Waals surface area contributed by atoms with E-state index in [2.05, 4.69) is 67.5 Å². The second-order valence-electron chi connectivity index (χ2n) is 15.2. The highest BCUT2D eigenvalue weighted by Crippen LogP contribution is 2.43. The third kappa shape index (κ3) is 9.07. The highest BCUT2D eigenvalue weighted by molar-refractivity contribution is 5.90. The summed E-state index contributed by atoms with van der Waals surface area (Å²) in [6.45, 7) is 4.95. The monoisotopic (exact) mass is 779 g/mol. The molecule has 2 heterocycles. The molecule has 0 radical (unpaired) electrons. The minimum atomic E-state index is -5.03. The number of benzene rings is 5. The number of aliphatic hydroxyl groups is 1. The summed E-state index contributed by atoms with van der Waals surface area (Å²) >= 11 is 0. The number of aliphatic hydroxyl groups excluding tert-OH is 1. The van der Waals surface area contributed by atoms with E-state index in [1.54, 1.807) is 0 Å². The van der Waals surface area contributed by atoms with E-state index >= 15 is 0 Å². The number of rotatable bonds is 11. The second kappa shape index (κ2) is 17.2. The van der Waals surface area contributed by atoms with Crippen molar-refractivity contribution in [2.45, 2.75) is 76.6 Å². The summed E-state index contributed by atoms with van der Waals surface area (Å²) in [4.78, 5) is 27.8. The molecule has 0 saturated carbocycles. The summed E-state index contributed by atoms with van der Waals surface area (Å²) < 4.78 is 53.0. The molecule has 8 nitrogen and oxygen atoms in total. The zero-order valence-electron chi connectivity index (χ0n) is 32.3. The molecule has 57 heavy (non-hydrogen) atoms. The van der Waals surface area contributed by atoms with Crippen molar-refractivity contribution in [1.29, 1.82) is 0 Å². The van der Waals surface area contributed by atoms with Gasteiger partial charge in [-0.2, -0.15) is 13.2 Å². The summed E-state index contributed by atoms with van der Waals surface area (Å²) in [5.41, 5.74) is 6.40. The maximum atomic E-state index is 13.1. The fraction of sp³-hybridized carbons (Fsp3) is 0.348. The van der Waals surface area contributed by atoms with Crippen molar-refractivity contribution in [3.8, 4) is 11.1 Å². The van der Waals surface area contributed by atoms with Crippen LogP contribution >= 0.6 is 0 Å². The van der Waals surface area contributed by atoms with Crippen LogP contribution in [0.25, 0.3) is 21.9 Å². The maximum Gasteiger partial charge on any atom is 0.471 e. The molecule has 2 aliphatic rings. The number of carbonyl (C=O) groups is 2. The number of nitrogens with zero attached hydrogens (tertiary/aromatic N) is 2. The van der Waals surface area contributed by atoms with Gasteiger partial charge in [0.2, 0.25) is 5.91 Å². The van der Waals surface area contributed by atoms with Gasteiger partial charge in [-0.25, -0.2) is 0 Å². The highest BCUT2D eigenvalue weighted by Gasteiger charge is 2.47. The van der Waals surface area contributed by atoms with Crippen LogP contribution in [0.3, 0.4) is 0 Å². The Morgan fingerprint density at radius 2 is 1.58 bits per heavy atom. The Bertz CT molecular complexity index is 2190. The molecule has 2 N–H and O–H groups in total. The number of likely N-dealkylation sites (N-methyl/N-ethyl adjacent to an activating group) is 1. The Hall–Kier alpha value is -5.07. The molecule has 6 atom stereocenters. The third-order valence-electron chi connectivity index (χ3n) is 11.5. The molecule has 298 valence electrons. The largest absolute Gasteiger partial charge is 0.471 e. The highest BCUT2D eigenvalue weighted by atomic mass is 19.4. The molecule has 2 saturated heterocycles. The Morgan fingerprint density at radius 3 is 2.32 bits per heavy atom. The number of hydrogen-bond acceptors (Lipinski definition) is 6. The molecule has 2 amide bonds. The lowest BCUT2D eigenvalue weighted by atomic mass is 9.89. The van der Waals surface area contributed by atoms with Gasteiger partial charge in [-0.1, -0.05) is 104 Å². The number of likely N-dealkylation sites (tertiary alicyclic amines) is 1. The topological polar surface area (TPSA) is 91.3 Å². The number of fused-ring (bicyclic) bond motifs is 1. The van der Waals surface area contributed by atoms with Gasteiger partial charge in [0.25, 0.3) is 0 Å². The van der Waals surface area contributed by atoms with E-state index in [1.165, 1.54) is 16.3 Å². The number of carbonyl (C=O) groups excluding carboxylic acids is 2. The summed E-state index contributed by atoms with van der Waals surface area (Å²) in [6.07, 6.45) is -5.69. The lowest BCUT2D eigenvalue weighted by Crippen LogP contribution is -2.50. The van der Waals surface area contributed by atoms with Crippen LogP contribution in [0, 0.1) is 5.92 Å². The molecule has 0 spiro atoms. The second-order valence-corrected chi connectivity index (χ2v) is 15.2. The Balaban J connectivity index is 1.09. The SMILES string of the molecule is C[C@H]1[C@@H](CN(C)[C@H](C)c2ccc3ccccc3c2)O[C@@H](c2cccc(-c3cccc(CNC(=O)[C@@H]4CCCN4C(=O)C(F)(F)F)c3)c2)O[C@H]1c1ccc(CO)cc1. The van der Waals surface area contributed by atoms with Gasteiger partial charge < -0.3 is 24.8 Å². The lowest BCUT2D eigenvalue weighted by molar-refractivity contribution is -0.276. The first kappa shape index (κ1) is 40.1. The average molecular weight is 780 g/mol. The van der Waals surface area contributed by atoms with Crippen LogP contribution in [0.2, 0.25) is 0 Å². The number of hydrogen-bond donors (Lipinski definition) is 2. The van der Waals surface area contributed by atoms with Crippen molar-refractivity contribution in [3.05, 3.63) is 143 Å². The molecule has 11 heteroatoms. The van der Waals surface area contributed by atoms with E-state index < -0.39 is 30.3 Å². The number of halogens is 3. The van der Waals surface area contributed by atoms with Gasteiger partial charge in [0.15, 0.2) is 6.29 Å². The van der Waals surface area contributed by atoms with Gasteiger partial charge in [-0.3, -0.25) is 14.5 Å². The van der Waals surface area contributed by atoms with Crippen molar-refractivity contribution in [3.63, 3.8) is 0 Å². The first-order valence-electron chi connectivity index (χ1n) is 19.4. The summed E-state index contributed by atoms with van der Waals surface area (Å²) in [7, 11) is 2.12. The van der Waals surface area contributed by atoms with E-state index in [0.29, 0.717) is 17.9 Å². The lowest BCUT2D eigenvalue weighted by Gasteiger charge is -2.43. The van der Waals surface area contributed by atoms with Crippen molar-refractivity contribution in [2.24, 2.45) is 5.92 Å². The maximum absolute atomic E-state index is 13.1. The summed E-state index contributed by atoms with van der Waals surface area (Å²) in [5.74, 6) is -2.60. The van der Waals surface area contributed by atoms with Crippen LogP contribution in [0.5, 0.6) is 0 Å². The van der Waals surface area contributed by atoms with Gasteiger partial charge in [0.1, 0.15) is 6.04 Å². The molecule has 0 unspecified atom stereocenters. The van der Waals surface area contributed by atoms with Crippen LogP contribution in [0.4, 0.5) is 13.2 Å². The van der Waals surface area contributed by atoms with Gasteiger partial charge in [-0.05, 0) is 89.2 Å². The first-order valence-corrected chi connectivity index (χ1v) is 19.4. The molecule has 2 fully saturated rings. The number of ether oxygens (including phenoxy) is 2.